The maximum absolute atomic E-state index is 12.7. The van der Waals surface area contributed by atoms with Crippen LogP contribution in [0, 0.1) is 0 Å². The number of carbonyl (C=O) groups is 2. The molecule has 166 valence electrons. The number of amides is 2. The van der Waals surface area contributed by atoms with E-state index in [1.807, 2.05) is 60.7 Å². The number of rotatable bonds is 8. The Labute approximate surface area is 192 Å². The molecular weight excluding hydrogens is 459 g/mol. The van der Waals surface area contributed by atoms with Crippen LogP contribution in [0.2, 0.25) is 0 Å². The van der Waals surface area contributed by atoms with Gasteiger partial charge in [-0.1, -0.05) is 60.7 Å². The number of alkyl halides is 2. The van der Waals surface area contributed by atoms with E-state index in [2.05, 4.69) is 0 Å². The molecule has 0 spiro atoms. The monoisotopic (exact) mass is 482 g/mol. The topological polar surface area (TPSA) is 74.8 Å². The summed E-state index contributed by atoms with van der Waals surface area (Å²) in [7, 11) is -3.48. The minimum atomic E-state index is -3.48. The highest BCUT2D eigenvalue weighted by atomic mass is 35.5. The molecule has 2 aromatic carbocycles. The zero-order valence-corrected chi connectivity index (χ0v) is 19.2. The van der Waals surface area contributed by atoms with Crippen molar-refractivity contribution in [2.24, 2.45) is 0 Å². The van der Waals surface area contributed by atoms with Crippen molar-refractivity contribution < 1.29 is 18.0 Å². The summed E-state index contributed by atoms with van der Waals surface area (Å²) in [5.74, 6) is -1.77. The van der Waals surface area contributed by atoms with Gasteiger partial charge < -0.3 is 9.80 Å². The highest BCUT2D eigenvalue weighted by Gasteiger charge is 2.46. The van der Waals surface area contributed by atoms with Crippen molar-refractivity contribution in [3.05, 3.63) is 71.8 Å². The summed E-state index contributed by atoms with van der Waals surface area (Å²) in [5, 5.41) is 0. The molecule has 2 amide bonds. The van der Waals surface area contributed by atoms with E-state index in [1.165, 1.54) is 9.80 Å². The number of halogens is 2. The third kappa shape index (κ3) is 5.99. The van der Waals surface area contributed by atoms with Crippen molar-refractivity contribution >= 4 is 44.9 Å². The number of hydrogen-bond donors (Lipinski definition) is 0. The first-order valence-electron chi connectivity index (χ1n) is 9.83. The summed E-state index contributed by atoms with van der Waals surface area (Å²) in [6, 6.07) is 17.1. The van der Waals surface area contributed by atoms with E-state index >= 15 is 0 Å². The van der Waals surface area contributed by atoms with Gasteiger partial charge in [-0.3, -0.25) is 9.59 Å². The molecule has 1 saturated heterocycles. The molecule has 1 heterocycles. The fourth-order valence-corrected chi connectivity index (χ4v) is 6.19. The van der Waals surface area contributed by atoms with Gasteiger partial charge in [0.1, 0.15) is 11.8 Å². The van der Waals surface area contributed by atoms with E-state index in [1.54, 1.807) is 0 Å². The quantitative estimate of drug-likeness (QED) is 0.542. The maximum Gasteiger partial charge on any atom is 0.238 e. The molecule has 9 heteroatoms. The van der Waals surface area contributed by atoms with Crippen LogP contribution in [0.1, 0.15) is 11.1 Å². The summed E-state index contributed by atoms with van der Waals surface area (Å²) >= 11 is 11.7. The van der Waals surface area contributed by atoms with Crippen LogP contribution in [-0.2, 0) is 32.5 Å². The highest BCUT2D eigenvalue weighted by molar-refractivity contribution is 7.91. The van der Waals surface area contributed by atoms with Gasteiger partial charge in [0.25, 0.3) is 0 Å². The van der Waals surface area contributed by atoms with Crippen LogP contribution in [0.15, 0.2) is 60.7 Å². The van der Waals surface area contributed by atoms with Crippen molar-refractivity contribution in [1.82, 2.24) is 9.80 Å². The molecular formula is C22H24Cl2N2O4S. The van der Waals surface area contributed by atoms with Crippen LogP contribution >= 0.6 is 23.2 Å². The Morgan fingerprint density at radius 2 is 1.10 bits per heavy atom. The van der Waals surface area contributed by atoms with Gasteiger partial charge in [-0.2, -0.15) is 0 Å². The smallest absolute Gasteiger partial charge is 0.238 e. The lowest BCUT2D eigenvalue weighted by Crippen LogP contribution is -2.54. The Balaban J connectivity index is 1.97. The Bertz CT molecular complexity index is 927. The molecule has 1 fully saturated rings. The highest BCUT2D eigenvalue weighted by Crippen LogP contribution is 2.27. The summed E-state index contributed by atoms with van der Waals surface area (Å²) < 4.78 is 25.3. The number of hydrogen-bond acceptors (Lipinski definition) is 4. The normalized spacial score (nSPS) is 19.7. The molecule has 1 aliphatic heterocycles. The average Bonchev–Trinajstić information content (AvgIpc) is 3.10. The average molecular weight is 483 g/mol. The first kappa shape index (κ1) is 23.6. The van der Waals surface area contributed by atoms with Crippen LogP contribution < -0.4 is 0 Å². The molecule has 6 nitrogen and oxygen atoms in total. The van der Waals surface area contributed by atoms with Gasteiger partial charge in [-0.05, 0) is 11.1 Å². The molecule has 3 rings (SSSR count). The van der Waals surface area contributed by atoms with Gasteiger partial charge in [0.2, 0.25) is 11.8 Å². The van der Waals surface area contributed by atoms with Gasteiger partial charge in [-0.25, -0.2) is 8.42 Å². The minimum absolute atomic E-state index is 0.206. The van der Waals surface area contributed by atoms with Gasteiger partial charge in [0.15, 0.2) is 9.84 Å². The lowest BCUT2D eigenvalue weighted by molar-refractivity contribution is -0.137. The van der Waals surface area contributed by atoms with Crippen molar-refractivity contribution in [2.45, 2.75) is 25.2 Å². The van der Waals surface area contributed by atoms with Crippen LogP contribution in [0.5, 0.6) is 0 Å². The van der Waals surface area contributed by atoms with Crippen molar-refractivity contribution in [2.75, 3.05) is 23.3 Å². The van der Waals surface area contributed by atoms with E-state index in [0.29, 0.717) is 0 Å². The Kier molecular flexibility index (Phi) is 7.97. The first-order chi connectivity index (χ1) is 14.8. The van der Waals surface area contributed by atoms with Gasteiger partial charge >= 0.3 is 0 Å². The largest absolute Gasteiger partial charge is 0.331 e. The molecule has 0 aliphatic carbocycles. The Morgan fingerprint density at radius 3 is 1.42 bits per heavy atom. The fourth-order valence-electron chi connectivity index (χ4n) is 3.90. The van der Waals surface area contributed by atoms with Gasteiger partial charge in [0.05, 0.1) is 23.6 Å². The molecule has 2 atom stereocenters. The second-order valence-electron chi connectivity index (χ2n) is 7.49. The molecule has 0 N–H and O–H groups in total. The predicted octanol–water partition coefficient (Wildman–Crippen LogP) is 2.69. The van der Waals surface area contributed by atoms with Gasteiger partial charge in [0, 0.05) is 13.1 Å². The number of carbonyl (C=O) groups excluding carboxylic acids is 2. The third-order valence-electron chi connectivity index (χ3n) is 5.36. The zero-order valence-electron chi connectivity index (χ0n) is 16.9. The third-order valence-corrected chi connectivity index (χ3v) is 7.51. The second kappa shape index (κ2) is 10.5. The number of sulfone groups is 1. The van der Waals surface area contributed by atoms with E-state index < -0.39 is 21.9 Å². The lowest BCUT2D eigenvalue weighted by atomic mass is 10.1. The van der Waals surface area contributed by atoms with E-state index in [4.69, 9.17) is 23.2 Å². The second-order valence-corrected chi connectivity index (χ2v) is 10.2. The lowest BCUT2D eigenvalue weighted by Gasteiger charge is -2.38. The summed E-state index contributed by atoms with van der Waals surface area (Å²) in [4.78, 5) is 28.5. The van der Waals surface area contributed by atoms with Crippen LogP contribution in [0.4, 0.5) is 0 Å². The minimum Gasteiger partial charge on any atom is -0.331 e. The molecule has 0 saturated carbocycles. The summed E-state index contributed by atoms with van der Waals surface area (Å²) in [5.41, 5.74) is 1.70. The number of benzene rings is 2. The zero-order chi connectivity index (χ0) is 22.4. The van der Waals surface area contributed by atoms with Crippen LogP contribution in [0.3, 0.4) is 0 Å². The summed E-state index contributed by atoms with van der Waals surface area (Å²) in [6.45, 7) is 0.411. The molecule has 0 aromatic heterocycles. The van der Waals surface area contributed by atoms with Gasteiger partial charge in [-0.15, -0.1) is 23.2 Å². The maximum atomic E-state index is 12.7. The number of nitrogens with zero attached hydrogens (tertiary/aromatic N) is 2. The molecule has 0 bridgehead atoms. The van der Waals surface area contributed by atoms with Crippen LogP contribution in [0.25, 0.3) is 0 Å². The Hall–Kier alpha value is -2.09. The van der Waals surface area contributed by atoms with Crippen molar-refractivity contribution in [3.8, 4) is 0 Å². The molecule has 2 aromatic rings. The van der Waals surface area contributed by atoms with Crippen molar-refractivity contribution in [3.63, 3.8) is 0 Å². The van der Waals surface area contributed by atoms with E-state index in [-0.39, 0.29) is 48.2 Å². The molecule has 0 unspecified atom stereocenters. The molecule has 1 aliphatic rings. The first-order valence-corrected chi connectivity index (χ1v) is 12.7. The molecule has 0 radical (unpaired) electrons. The molecule has 31 heavy (non-hydrogen) atoms. The summed E-state index contributed by atoms with van der Waals surface area (Å²) in [6.07, 6.45) is 0. The van der Waals surface area contributed by atoms with Crippen molar-refractivity contribution in [1.29, 1.82) is 0 Å². The van der Waals surface area contributed by atoms with Crippen LogP contribution in [-0.4, -0.2) is 65.4 Å². The van der Waals surface area contributed by atoms with E-state index in [0.717, 1.165) is 11.1 Å². The SMILES string of the molecule is O=C(CCl)N(Cc1ccccc1)[C@H]1CS(=O)(=O)C[C@@H]1N(Cc1ccccc1)C(=O)CCl. The van der Waals surface area contributed by atoms with E-state index in [9.17, 15) is 18.0 Å². The Morgan fingerprint density at radius 1 is 0.742 bits per heavy atom. The predicted molar refractivity (Wildman–Crippen MR) is 122 cm³/mol. The fraction of sp³-hybridized carbons (Fsp3) is 0.364. The standard InChI is InChI=1S/C22H24Cl2N2O4S/c23-11-21(27)25(13-17-7-3-1-4-8-17)19-15-31(29,30)16-20(19)26(22(28)12-24)14-18-9-5-2-6-10-18/h1-10,19-20H,11-16H2/t19-,20-/m0/s1.